The molecule has 0 N–H and O–H groups in total. The molecule has 3 aliphatic rings. The summed E-state index contributed by atoms with van der Waals surface area (Å²) in [5, 5.41) is 4.25. The number of carbonyl (C=O) groups excluding carboxylic acids is 2. The fraction of sp³-hybridized carbons (Fsp3) is 0.348. The molecule has 160 valence electrons. The molecule has 2 aromatic rings. The highest BCUT2D eigenvalue weighted by Gasteiger charge is 2.47. The van der Waals surface area contributed by atoms with Crippen LogP contribution in [0, 0.1) is 11.8 Å². The molecule has 31 heavy (non-hydrogen) atoms. The molecule has 0 saturated carbocycles. The van der Waals surface area contributed by atoms with Crippen molar-refractivity contribution in [2.45, 2.75) is 12.8 Å². The van der Waals surface area contributed by atoms with E-state index in [4.69, 9.17) is 23.8 Å². The van der Waals surface area contributed by atoms with E-state index in [1.807, 2.05) is 18.2 Å². The van der Waals surface area contributed by atoms with Gasteiger partial charge < -0.3 is 23.8 Å². The highest BCUT2D eigenvalue weighted by molar-refractivity contribution is 6.08. The lowest BCUT2D eigenvalue weighted by atomic mass is 9.64. The molecule has 0 spiro atoms. The number of ketones is 1. The number of aldehydes is 1. The predicted molar refractivity (Wildman–Crippen MR) is 109 cm³/mol. The first-order chi connectivity index (χ1) is 15.1. The zero-order valence-electron chi connectivity index (χ0n) is 17.3. The number of carbonyl (C=O) groups is 2. The molecule has 1 aliphatic carbocycles. The van der Waals surface area contributed by atoms with E-state index in [-0.39, 0.29) is 24.4 Å². The standard InChI is InChI=1S/C23H21NO7/c1-11(26)20-16-9-31-24-22(16)15-7-18-17(29-10-30-18)6-14(15)21(20)12-4-13(8-25)23(28-3)19(5-12)27-2/h4-8,16,20-21H,9-10H2,1-3H3/t16-,20-,21+/m0/s1. The Hall–Kier alpha value is -3.55. The molecule has 0 bridgehead atoms. The molecule has 2 aliphatic heterocycles. The Labute approximate surface area is 178 Å². The molecule has 0 saturated heterocycles. The van der Waals surface area contributed by atoms with Crippen molar-refractivity contribution in [2.75, 3.05) is 27.6 Å². The zero-order valence-corrected chi connectivity index (χ0v) is 17.3. The molecule has 0 fully saturated rings. The SMILES string of the molecule is COc1cc([C@@H]2c3cc4c(cc3C3=NOC[C@H]3[C@@H]2C(C)=O)OCO4)cc(C=O)c1OC. The van der Waals surface area contributed by atoms with Crippen LogP contribution in [0.3, 0.4) is 0 Å². The van der Waals surface area contributed by atoms with Crippen molar-refractivity contribution >= 4 is 17.8 Å². The van der Waals surface area contributed by atoms with Gasteiger partial charge in [-0.1, -0.05) is 5.16 Å². The van der Waals surface area contributed by atoms with Gasteiger partial charge in [0.1, 0.15) is 12.4 Å². The quantitative estimate of drug-likeness (QED) is 0.683. The third-order valence-electron chi connectivity index (χ3n) is 6.20. The second-order valence-electron chi connectivity index (χ2n) is 7.75. The van der Waals surface area contributed by atoms with Crippen molar-refractivity contribution in [1.82, 2.24) is 0 Å². The van der Waals surface area contributed by atoms with Gasteiger partial charge in [0.25, 0.3) is 0 Å². The summed E-state index contributed by atoms with van der Waals surface area (Å²) >= 11 is 0. The second-order valence-corrected chi connectivity index (χ2v) is 7.75. The van der Waals surface area contributed by atoms with Crippen LogP contribution in [0.4, 0.5) is 0 Å². The highest BCUT2D eigenvalue weighted by Crippen LogP contribution is 2.51. The number of Topliss-reactive ketones (excluding diaryl/α,β-unsaturated/α-hetero) is 1. The number of benzene rings is 2. The van der Waals surface area contributed by atoms with E-state index >= 15 is 0 Å². The van der Waals surface area contributed by atoms with Crippen LogP contribution in [0.15, 0.2) is 29.4 Å². The van der Waals surface area contributed by atoms with E-state index in [2.05, 4.69) is 5.16 Å². The normalized spacial score (nSPS) is 22.7. The van der Waals surface area contributed by atoms with Crippen LogP contribution in [-0.2, 0) is 9.63 Å². The molecule has 0 aromatic heterocycles. The van der Waals surface area contributed by atoms with Crippen molar-refractivity contribution in [3.8, 4) is 23.0 Å². The van der Waals surface area contributed by atoms with Crippen LogP contribution in [-0.4, -0.2) is 45.4 Å². The predicted octanol–water partition coefficient (Wildman–Crippen LogP) is 2.95. The number of rotatable bonds is 5. The summed E-state index contributed by atoms with van der Waals surface area (Å²) in [6.45, 7) is 2.03. The minimum Gasteiger partial charge on any atom is -0.493 e. The maximum Gasteiger partial charge on any atom is 0.231 e. The summed E-state index contributed by atoms with van der Waals surface area (Å²) in [6.07, 6.45) is 0.725. The summed E-state index contributed by atoms with van der Waals surface area (Å²) in [4.78, 5) is 30.1. The summed E-state index contributed by atoms with van der Waals surface area (Å²) < 4.78 is 22.0. The number of hydrogen-bond donors (Lipinski definition) is 0. The Kier molecular flexibility index (Phi) is 4.57. The van der Waals surface area contributed by atoms with Crippen molar-refractivity contribution in [2.24, 2.45) is 17.0 Å². The lowest BCUT2D eigenvalue weighted by molar-refractivity contribution is -0.122. The fourth-order valence-corrected chi connectivity index (χ4v) is 4.91. The Balaban J connectivity index is 1.78. The Bertz CT molecular complexity index is 1120. The van der Waals surface area contributed by atoms with Gasteiger partial charge >= 0.3 is 0 Å². The zero-order chi connectivity index (χ0) is 21.7. The molecule has 5 rings (SSSR count). The third kappa shape index (κ3) is 2.85. The molecule has 8 nitrogen and oxygen atoms in total. The Morgan fingerprint density at radius 1 is 1.13 bits per heavy atom. The maximum absolute atomic E-state index is 12.9. The van der Waals surface area contributed by atoms with Crippen LogP contribution >= 0.6 is 0 Å². The lowest BCUT2D eigenvalue weighted by Crippen LogP contribution is -2.39. The van der Waals surface area contributed by atoms with Gasteiger partial charge in [-0.3, -0.25) is 9.59 Å². The van der Waals surface area contributed by atoms with Crippen molar-refractivity contribution in [1.29, 1.82) is 0 Å². The molecule has 0 unspecified atom stereocenters. The number of methoxy groups -OCH3 is 2. The van der Waals surface area contributed by atoms with E-state index in [9.17, 15) is 9.59 Å². The molecule has 8 heteroatoms. The van der Waals surface area contributed by atoms with Crippen molar-refractivity contribution < 1.29 is 33.4 Å². The number of nitrogens with zero attached hydrogens (tertiary/aromatic N) is 1. The van der Waals surface area contributed by atoms with E-state index in [1.165, 1.54) is 14.2 Å². The van der Waals surface area contributed by atoms with Crippen LogP contribution in [0.5, 0.6) is 23.0 Å². The summed E-state index contributed by atoms with van der Waals surface area (Å²) in [5.41, 5.74) is 3.58. The van der Waals surface area contributed by atoms with Crippen molar-refractivity contribution in [3.05, 3.63) is 46.5 Å². The third-order valence-corrected chi connectivity index (χ3v) is 6.20. The van der Waals surface area contributed by atoms with Gasteiger partial charge in [-0.05, 0) is 42.3 Å². The maximum atomic E-state index is 12.9. The fourth-order valence-electron chi connectivity index (χ4n) is 4.91. The average molecular weight is 423 g/mol. The summed E-state index contributed by atoms with van der Waals surface area (Å²) in [5.74, 6) is 1.05. The lowest BCUT2D eigenvalue weighted by Gasteiger charge is -2.36. The van der Waals surface area contributed by atoms with Gasteiger partial charge in [0, 0.05) is 17.4 Å². The highest BCUT2D eigenvalue weighted by atomic mass is 16.7. The molecule has 3 atom stereocenters. The van der Waals surface area contributed by atoms with Gasteiger partial charge in [0.05, 0.1) is 31.4 Å². The Morgan fingerprint density at radius 3 is 2.58 bits per heavy atom. The van der Waals surface area contributed by atoms with Gasteiger partial charge in [-0.25, -0.2) is 0 Å². The largest absolute Gasteiger partial charge is 0.493 e. The average Bonchev–Trinajstić information content (AvgIpc) is 3.44. The first-order valence-corrected chi connectivity index (χ1v) is 9.92. The van der Waals surface area contributed by atoms with Crippen LogP contribution in [0.2, 0.25) is 0 Å². The molecular formula is C23H21NO7. The van der Waals surface area contributed by atoms with Crippen LogP contribution in [0.25, 0.3) is 0 Å². The number of oxime groups is 1. The molecule has 0 amide bonds. The first-order valence-electron chi connectivity index (χ1n) is 9.92. The van der Waals surface area contributed by atoms with Gasteiger partial charge in [0.2, 0.25) is 6.79 Å². The second kappa shape index (κ2) is 7.30. The molecule has 2 aromatic carbocycles. The number of ether oxygens (including phenoxy) is 4. The van der Waals surface area contributed by atoms with E-state index in [0.29, 0.717) is 35.2 Å². The Morgan fingerprint density at radius 2 is 1.90 bits per heavy atom. The molecular weight excluding hydrogens is 402 g/mol. The van der Waals surface area contributed by atoms with Crippen molar-refractivity contribution in [3.63, 3.8) is 0 Å². The first kappa shape index (κ1) is 19.4. The minimum absolute atomic E-state index is 0.0129. The monoisotopic (exact) mass is 423 g/mol. The number of hydrogen-bond acceptors (Lipinski definition) is 8. The van der Waals surface area contributed by atoms with Crippen LogP contribution in [0.1, 0.15) is 39.9 Å². The smallest absolute Gasteiger partial charge is 0.231 e. The van der Waals surface area contributed by atoms with Gasteiger partial charge in [0.15, 0.2) is 29.3 Å². The topological polar surface area (TPSA) is 92.7 Å². The van der Waals surface area contributed by atoms with Gasteiger partial charge in [-0.15, -0.1) is 0 Å². The van der Waals surface area contributed by atoms with E-state index < -0.39 is 5.92 Å². The summed E-state index contributed by atoms with van der Waals surface area (Å²) in [7, 11) is 3.00. The van der Waals surface area contributed by atoms with E-state index in [0.717, 1.165) is 28.7 Å². The van der Waals surface area contributed by atoms with Gasteiger partial charge in [-0.2, -0.15) is 0 Å². The molecule has 2 heterocycles. The van der Waals surface area contributed by atoms with Crippen LogP contribution < -0.4 is 18.9 Å². The minimum atomic E-state index is -0.424. The van der Waals surface area contributed by atoms with E-state index in [1.54, 1.807) is 13.0 Å². The summed E-state index contributed by atoms with van der Waals surface area (Å²) in [6, 6.07) is 7.36. The molecule has 0 radical (unpaired) electrons. The number of fused-ring (bicyclic) bond motifs is 4.